The van der Waals surface area contributed by atoms with Crippen molar-refractivity contribution in [3.63, 3.8) is 0 Å². The number of aromatic nitrogens is 1. The van der Waals surface area contributed by atoms with Crippen LogP contribution in [0.4, 0.5) is 18.9 Å². The summed E-state index contributed by atoms with van der Waals surface area (Å²) in [4.78, 5) is 2.61. The molecule has 3 fully saturated rings. The fraction of sp³-hybridized carbons (Fsp3) is 0.619. The van der Waals surface area contributed by atoms with Gasteiger partial charge in [-0.1, -0.05) is 6.07 Å². The summed E-state index contributed by atoms with van der Waals surface area (Å²) in [5, 5.41) is 4.50. The molecule has 1 saturated carbocycles. The van der Waals surface area contributed by atoms with Crippen molar-refractivity contribution in [2.45, 2.75) is 50.5 Å². The number of rotatable bonds is 4. The minimum atomic E-state index is -4.23. The van der Waals surface area contributed by atoms with Crippen LogP contribution in [0.1, 0.15) is 25.7 Å². The molecule has 1 aromatic carbocycles. The van der Waals surface area contributed by atoms with Gasteiger partial charge in [-0.15, -0.1) is 0 Å². The smallest absolute Gasteiger partial charge is 0.382 e. The van der Waals surface area contributed by atoms with Gasteiger partial charge in [0.05, 0.1) is 22.4 Å². The summed E-state index contributed by atoms with van der Waals surface area (Å²) in [7, 11) is 0. The van der Waals surface area contributed by atoms with Crippen LogP contribution in [0.3, 0.4) is 0 Å². The topological polar surface area (TPSA) is 29.4 Å². The van der Waals surface area contributed by atoms with E-state index in [1.807, 2.05) is 40.8 Å². The SMILES string of the molecule is FC(F)(F)Cn1c(I)cc2c(NC3CCC(N4CC5(COC5)C4)CC3)cccc21. The third-order valence-corrected chi connectivity index (χ3v) is 7.59. The van der Waals surface area contributed by atoms with Gasteiger partial charge >= 0.3 is 6.18 Å². The van der Waals surface area contributed by atoms with Gasteiger partial charge in [-0.25, -0.2) is 0 Å². The highest BCUT2D eigenvalue weighted by Gasteiger charge is 2.50. The number of halogens is 4. The molecule has 3 aliphatic rings. The van der Waals surface area contributed by atoms with E-state index < -0.39 is 12.7 Å². The van der Waals surface area contributed by atoms with E-state index in [2.05, 4.69) is 10.2 Å². The molecule has 158 valence electrons. The number of nitrogens with one attached hydrogen (secondary N) is 1. The van der Waals surface area contributed by atoms with Crippen LogP contribution in [-0.4, -0.2) is 54.0 Å². The molecule has 5 rings (SSSR count). The Morgan fingerprint density at radius 1 is 1.14 bits per heavy atom. The highest BCUT2D eigenvalue weighted by molar-refractivity contribution is 14.1. The lowest BCUT2D eigenvalue weighted by atomic mass is 9.75. The zero-order valence-corrected chi connectivity index (χ0v) is 18.3. The lowest BCUT2D eigenvalue weighted by molar-refractivity contribution is -0.200. The lowest BCUT2D eigenvalue weighted by Gasteiger charge is -2.58. The summed E-state index contributed by atoms with van der Waals surface area (Å²) in [6, 6.07) is 8.51. The fourth-order valence-electron chi connectivity index (χ4n) is 5.17. The quantitative estimate of drug-likeness (QED) is 0.586. The number of alkyl halides is 3. The molecule has 29 heavy (non-hydrogen) atoms. The van der Waals surface area contributed by atoms with Gasteiger partial charge in [-0.05, 0) is 66.5 Å². The van der Waals surface area contributed by atoms with Gasteiger partial charge in [0.1, 0.15) is 6.54 Å². The molecule has 1 spiro atoms. The molecule has 2 aromatic rings. The zero-order valence-electron chi connectivity index (χ0n) is 16.1. The van der Waals surface area contributed by atoms with Gasteiger partial charge in [0.15, 0.2) is 0 Å². The molecule has 0 radical (unpaired) electrons. The van der Waals surface area contributed by atoms with E-state index >= 15 is 0 Å². The number of hydrogen-bond donors (Lipinski definition) is 1. The van der Waals surface area contributed by atoms with Crippen LogP contribution in [0.2, 0.25) is 0 Å². The molecule has 4 nitrogen and oxygen atoms in total. The average Bonchev–Trinajstić information content (AvgIpc) is 2.89. The van der Waals surface area contributed by atoms with Gasteiger partial charge in [0.25, 0.3) is 0 Å². The molecule has 2 saturated heterocycles. The largest absolute Gasteiger partial charge is 0.406 e. The van der Waals surface area contributed by atoms with E-state index in [1.54, 1.807) is 6.07 Å². The number of likely N-dealkylation sites (tertiary alicyclic amines) is 1. The van der Waals surface area contributed by atoms with E-state index in [9.17, 15) is 13.2 Å². The van der Waals surface area contributed by atoms with Crippen LogP contribution >= 0.6 is 22.6 Å². The van der Waals surface area contributed by atoms with E-state index in [1.165, 1.54) is 30.5 Å². The lowest BCUT2D eigenvalue weighted by Crippen LogP contribution is -2.68. The van der Waals surface area contributed by atoms with E-state index in [-0.39, 0.29) is 0 Å². The summed E-state index contributed by atoms with van der Waals surface area (Å²) >= 11 is 1.99. The Morgan fingerprint density at radius 2 is 1.86 bits per heavy atom. The maximum atomic E-state index is 13.0. The second-order valence-electron chi connectivity index (χ2n) is 8.95. The van der Waals surface area contributed by atoms with Crippen molar-refractivity contribution in [1.29, 1.82) is 0 Å². The highest BCUT2D eigenvalue weighted by Crippen LogP contribution is 2.41. The molecular formula is C21H25F3IN3O. The second-order valence-corrected chi connectivity index (χ2v) is 10.1. The van der Waals surface area contributed by atoms with Gasteiger partial charge in [-0.3, -0.25) is 4.90 Å². The molecule has 1 aliphatic carbocycles. The van der Waals surface area contributed by atoms with Crippen LogP contribution in [-0.2, 0) is 11.3 Å². The van der Waals surface area contributed by atoms with Crippen molar-refractivity contribution < 1.29 is 17.9 Å². The molecule has 0 bridgehead atoms. The minimum Gasteiger partial charge on any atom is -0.382 e. The van der Waals surface area contributed by atoms with Gasteiger partial charge in [-0.2, -0.15) is 13.2 Å². The number of anilines is 1. The van der Waals surface area contributed by atoms with Crippen LogP contribution in [0.25, 0.3) is 10.9 Å². The third kappa shape index (κ3) is 3.87. The van der Waals surface area contributed by atoms with Gasteiger partial charge in [0.2, 0.25) is 0 Å². The molecule has 1 aromatic heterocycles. The normalized spacial score (nSPS) is 27.0. The Balaban J connectivity index is 1.24. The predicted octanol–water partition coefficient (Wildman–Crippen LogP) is 4.86. The van der Waals surface area contributed by atoms with Crippen molar-refractivity contribution >= 4 is 39.2 Å². The Bertz CT molecular complexity index is 892. The monoisotopic (exact) mass is 519 g/mol. The molecular weight excluding hydrogens is 494 g/mol. The Kier molecular flexibility index (Phi) is 5.02. The second kappa shape index (κ2) is 7.30. The summed E-state index contributed by atoms with van der Waals surface area (Å²) in [6.45, 7) is 3.26. The van der Waals surface area contributed by atoms with Crippen molar-refractivity contribution in [3.05, 3.63) is 28.0 Å². The molecule has 0 unspecified atom stereocenters. The summed E-state index contributed by atoms with van der Waals surface area (Å²) < 4.78 is 46.2. The van der Waals surface area contributed by atoms with Crippen LogP contribution in [0, 0.1) is 9.12 Å². The van der Waals surface area contributed by atoms with Crippen molar-refractivity contribution in [2.24, 2.45) is 5.41 Å². The minimum absolute atomic E-state index is 0.378. The maximum Gasteiger partial charge on any atom is 0.406 e. The first-order valence-corrected chi connectivity index (χ1v) is 11.3. The first-order valence-electron chi connectivity index (χ1n) is 10.2. The van der Waals surface area contributed by atoms with Crippen LogP contribution in [0.5, 0.6) is 0 Å². The van der Waals surface area contributed by atoms with Crippen molar-refractivity contribution in [1.82, 2.24) is 9.47 Å². The molecule has 0 amide bonds. The van der Waals surface area contributed by atoms with Crippen LogP contribution in [0.15, 0.2) is 24.3 Å². The standard InChI is InChI=1S/C21H25F3IN3O/c22-21(23,24)11-28-18-3-1-2-17(16(18)8-19(28)25)26-14-4-6-15(7-5-14)27-9-20(10-27)12-29-13-20/h1-3,8,14-15,26H,4-7,9-13H2. The highest BCUT2D eigenvalue weighted by atomic mass is 127. The Labute approximate surface area is 181 Å². The number of ether oxygens (including phenoxy) is 1. The Hall–Kier alpha value is -1.00. The van der Waals surface area contributed by atoms with Gasteiger partial charge in [0, 0.05) is 41.7 Å². The molecule has 0 atom stereocenters. The summed E-state index contributed by atoms with van der Waals surface area (Å²) in [6.07, 6.45) is 0.325. The summed E-state index contributed by atoms with van der Waals surface area (Å²) in [5.74, 6) is 0. The number of benzene rings is 1. The van der Waals surface area contributed by atoms with Crippen molar-refractivity contribution in [2.75, 3.05) is 31.6 Å². The third-order valence-electron chi connectivity index (χ3n) is 6.70. The number of nitrogens with zero attached hydrogens (tertiary/aromatic N) is 2. The maximum absolute atomic E-state index is 13.0. The first-order chi connectivity index (χ1) is 13.8. The molecule has 1 N–H and O–H groups in total. The zero-order chi connectivity index (χ0) is 20.2. The first kappa shape index (κ1) is 19.9. The molecule has 8 heteroatoms. The number of fused-ring (bicyclic) bond motifs is 1. The fourth-order valence-corrected chi connectivity index (χ4v) is 5.91. The Morgan fingerprint density at radius 3 is 2.48 bits per heavy atom. The average molecular weight is 519 g/mol. The van der Waals surface area contributed by atoms with E-state index in [0.29, 0.717) is 26.7 Å². The molecule has 3 heterocycles. The van der Waals surface area contributed by atoms with Gasteiger partial charge < -0.3 is 14.6 Å². The molecule has 2 aliphatic heterocycles. The van der Waals surface area contributed by atoms with Crippen molar-refractivity contribution in [3.8, 4) is 0 Å². The van der Waals surface area contributed by atoms with E-state index in [4.69, 9.17) is 4.74 Å². The number of hydrogen-bond acceptors (Lipinski definition) is 3. The van der Waals surface area contributed by atoms with E-state index in [0.717, 1.165) is 37.1 Å². The van der Waals surface area contributed by atoms with Crippen LogP contribution < -0.4 is 5.32 Å². The summed E-state index contributed by atoms with van der Waals surface area (Å²) in [5.41, 5.74) is 2.05. The predicted molar refractivity (Wildman–Crippen MR) is 115 cm³/mol.